The van der Waals surface area contributed by atoms with Gasteiger partial charge >= 0.3 is 6.03 Å². The number of urea groups is 1. The molecule has 174 valence electrons. The fourth-order valence-corrected chi connectivity index (χ4v) is 5.07. The summed E-state index contributed by atoms with van der Waals surface area (Å²) in [5.41, 5.74) is 2.22. The molecule has 2 amide bonds. The van der Waals surface area contributed by atoms with Gasteiger partial charge in [0.15, 0.2) is 11.5 Å². The van der Waals surface area contributed by atoms with Crippen LogP contribution in [0.15, 0.2) is 47.4 Å². The lowest BCUT2D eigenvalue weighted by atomic mass is 9.92. The Balaban J connectivity index is 1.46. The maximum atomic E-state index is 12.8. The average Bonchev–Trinajstić information content (AvgIpc) is 2.79. The van der Waals surface area contributed by atoms with E-state index >= 15 is 0 Å². The van der Waals surface area contributed by atoms with E-state index in [0.717, 1.165) is 5.56 Å². The lowest BCUT2D eigenvalue weighted by Gasteiger charge is -2.29. The summed E-state index contributed by atoms with van der Waals surface area (Å²) in [5, 5.41) is 5.86. The van der Waals surface area contributed by atoms with E-state index in [1.54, 1.807) is 6.07 Å². The Morgan fingerprint density at radius 3 is 2.19 bits per heavy atom. The number of hydrogen-bond donors (Lipinski definition) is 3. The van der Waals surface area contributed by atoms with Gasteiger partial charge in [0.25, 0.3) is 0 Å². The standard InChI is InChI=1S/C23H31N3O5S/c1-16-4-6-17(7-5-16)15-24-23(27)25-18-8-10-19(11-9-18)26-32(28,29)20-12-13-21(30-2)22(14-20)31-3/h4-7,12-14,18-19,26H,8-11,15H2,1-3H3,(H2,24,25,27). The number of carbonyl (C=O) groups is 1. The van der Waals surface area contributed by atoms with E-state index in [2.05, 4.69) is 15.4 Å². The molecule has 0 unspecified atom stereocenters. The maximum absolute atomic E-state index is 12.8. The number of sulfonamides is 1. The summed E-state index contributed by atoms with van der Waals surface area (Å²) in [6.07, 6.45) is 2.71. The zero-order valence-corrected chi connectivity index (χ0v) is 19.5. The zero-order chi connectivity index (χ0) is 23.1. The molecule has 2 aromatic carbocycles. The van der Waals surface area contributed by atoms with Gasteiger partial charge in [-0.15, -0.1) is 0 Å². The van der Waals surface area contributed by atoms with E-state index in [-0.39, 0.29) is 23.0 Å². The average molecular weight is 462 g/mol. The minimum atomic E-state index is -3.69. The van der Waals surface area contributed by atoms with Crippen LogP contribution in [-0.4, -0.2) is 40.8 Å². The number of amides is 2. The normalized spacial score (nSPS) is 18.6. The van der Waals surface area contributed by atoms with Crippen LogP contribution in [0.4, 0.5) is 4.79 Å². The molecule has 1 saturated carbocycles. The van der Waals surface area contributed by atoms with E-state index in [0.29, 0.717) is 43.7 Å². The van der Waals surface area contributed by atoms with Crippen LogP contribution in [0.3, 0.4) is 0 Å². The van der Waals surface area contributed by atoms with Gasteiger partial charge in [0.2, 0.25) is 10.0 Å². The molecule has 0 aromatic heterocycles. The Morgan fingerprint density at radius 1 is 0.938 bits per heavy atom. The van der Waals surface area contributed by atoms with E-state index in [1.165, 1.54) is 31.9 Å². The van der Waals surface area contributed by atoms with Gasteiger partial charge in [-0.25, -0.2) is 17.9 Å². The molecule has 3 rings (SSSR count). The molecule has 1 aliphatic rings. The highest BCUT2D eigenvalue weighted by Gasteiger charge is 2.27. The predicted octanol–water partition coefficient (Wildman–Crippen LogP) is 3.10. The third-order valence-corrected chi connectivity index (χ3v) is 7.14. The van der Waals surface area contributed by atoms with Crippen molar-refractivity contribution in [2.45, 2.75) is 56.1 Å². The number of methoxy groups -OCH3 is 2. The van der Waals surface area contributed by atoms with Gasteiger partial charge in [-0.2, -0.15) is 0 Å². The molecular formula is C23H31N3O5S. The smallest absolute Gasteiger partial charge is 0.315 e. The SMILES string of the molecule is COc1ccc(S(=O)(=O)NC2CCC(NC(=O)NCc3ccc(C)cc3)CC2)cc1OC. The monoisotopic (exact) mass is 461 g/mol. The summed E-state index contributed by atoms with van der Waals surface area (Å²) in [5.74, 6) is 0.832. The Hall–Kier alpha value is -2.78. The van der Waals surface area contributed by atoms with Crippen molar-refractivity contribution in [3.8, 4) is 11.5 Å². The van der Waals surface area contributed by atoms with Crippen LogP contribution < -0.4 is 24.8 Å². The Kier molecular flexibility index (Phi) is 7.98. The maximum Gasteiger partial charge on any atom is 0.315 e. The van der Waals surface area contributed by atoms with Crippen LogP contribution in [-0.2, 0) is 16.6 Å². The molecule has 3 N–H and O–H groups in total. The zero-order valence-electron chi connectivity index (χ0n) is 18.7. The lowest BCUT2D eigenvalue weighted by molar-refractivity contribution is 0.230. The molecule has 0 spiro atoms. The van der Waals surface area contributed by atoms with Crippen LogP contribution in [0.5, 0.6) is 11.5 Å². The molecule has 32 heavy (non-hydrogen) atoms. The summed E-state index contributed by atoms with van der Waals surface area (Å²) in [6.45, 7) is 2.49. The van der Waals surface area contributed by atoms with Gasteiger partial charge in [0, 0.05) is 24.7 Å². The molecule has 9 heteroatoms. The number of aryl methyl sites for hydroxylation is 1. The van der Waals surface area contributed by atoms with Crippen LogP contribution in [0.1, 0.15) is 36.8 Å². The van der Waals surface area contributed by atoms with Gasteiger partial charge < -0.3 is 20.1 Å². The highest BCUT2D eigenvalue weighted by molar-refractivity contribution is 7.89. The third kappa shape index (κ3) is 6.37. The van der Waals surface area contributed by atoms with Crippen LogP contribution in [0.2, 0.25) is 0 Å². The second kappa shape index (κ2) is 10.7. The molecule has 2 aromatic rings. The summed E-state index contributed by atoms with van der Waals surface area (Å²) in [7, 11) is -0.721. The van der Waals surface area contributed by atoms with Gasteiger partial charge in [-0.1, -0.05) is 29.8 Å². The van der Waals surface area contributed by atoms with Crippen molar-refractivity contribution in [2.24, 2.45) is 0 Å². The van der Waals surface area contributed by atoms with E-state index in [4.69, 9.17) is 9.47 Å². The molecule has 0 heterocycles. The van der Waals surface area contributed by atoms with E-state index in [1.807, 2.05) is 31.2 Å². The molecule has 0 saturated heterocycles. The second-order valence-corrected chi connectivity index (χ2v) is 9.71. The quantitative estimate of drug-likeness (QED) is 0.560. The topological polar surface area (TPSA) is 106 Å². The number of hydrogen-bond acceptors (Lipinski definition) is 5. The van der Waals surface area contributed by atoms with E-state index in [9.17, 15) is 13.2 Å². The number of benzene rings is 2. The van der Waals surface area contributed by atoms with Crippen molar-refractivity contribution >= 4 is 16.1 Å². The lowest BCUT2D eigenvalue weighted by Crippen LogP contribution is -2.46. The molecular weight excluding hydrogens is 430 g/mol. The Labute approximate surface area is 189 Å². The number of rotatable bonds is 8. The molecule has 1 fully saturated rings. The highest BCUT2D eigenvalue weighted by atomic mass is 32.2. The number of nitrogens with one attached hydrogen (secondary N) is 3. The summed E-state index contributed by atoms with van der Waals surface area (Å²) < 4.78 is 38.7. The fraction of sp³-hybridized carbons (Fsp3) is 0.435. The largest absolute Gasteiger partial charge is 0.493 e. The fourth-order valence-electron chi connectivity index (χ4n) is 3.75. The second-order valence-electron chi connectivity index (χ2n) is 8.00. The van der Waals surface area contributed by atoms with Crippen LogP contribution in [0, 0.1) is 6.92 Å². The Bertz CT molecular complexity index is 1020. The van der Waals surface area contributed by atoms with Gasteiger partial charge in [-0.3, -0.25) is 0 Å². The summed E-state index contributed by atoms with van der Waals surface area (Å²) >= 11 is 0. The molecule has 0 radical (unpaired) electrons. The third-order valence-electron chi connectivity index (χ3n) is 5.62. The minimum Gasteiger partial charge on any atom is -0.493 e. The van der Waals surface area contributed by atoms with Crippen molar-refractivity contribution in [3.05, 3.63) is 53.6 Å². The number of carbonyl (C=O) groups excluding carboxylic acids is 1. The molecule has 0 aliphatic heterocycles. The first-order chi connectivity index (χ1) is 15.3. The summed E-state index contributed by atoms with van der Waals surface area (Å²) in [4.78, 5) is 12.3. The molecule has 1 aliphatic carbocycles. The molecule has 0 bridgehead atoms. The van der Waals surface area contributed by atoms with Crippen LogP contribution >= 0.6 is 0 Å². The van der Waals surface area contributed by atoms with Gasteiger partial charge in [-0.05, 0) is 50.3 Å². The minimum absolute atomic E-state index is 0.0230. The summed E-state index contributed by atoms with van der Waals surface area (Å²) in [6, 6.07) is 12.2. The van der Waals surface area contributed by atoms with Crippen molar-refractivity contribution in [2.75, 3.05) is 14.2 Å². The van der Waals surface area contributed by atoms with Crippen LogP contribution in [0.25, 0.3) is 0 Å². The van der Waals surface area contributed by atoms with Gasteiger partial charge in [0.05, 0.1) is 19.1 Å². The first-order valence-electron chi connectivity index (χ1n) is 10.6. The molecule has 0 atom stereocenters. The van der Waals surface area contributed by atoms with Crippen molar-refractivity contribution in [1.82, 2.24) is 15.4 Å². The first kappa shape index (κ1) is 23.9. The Morgan fingerprint density at radius 2 is 1.56 bits per heavy atom. The number of ether oxygens (including phenoxy) is 2. The van der Waals surface area contributed by atoms with Crippen molar-refractivity contribution < 1.29 is 22.7 Å². The predicted molar refractivity (Wildman–Crippen MR) is 122 cm³/mol. The van der Waals surface area contributed by atoms with Crippen molar-refractivity contribution in [3.63, 3.8) is 0 Å². The first-order valence-corrected chi connectivity index (χ1v) is 12.1. The van der Waals surface area contributed by atoms with Crippen molar-refractivity contribution in [1.29, 1.82) is 0 Å². The van der Waals surface area contributed by atoms with Gasteiger partial charge in [0.1, 0.15) is 0 Å². The van der Waals surface area contributed by atoms with E-state index < -0.39 is 10.0 Å². The highest BCUT2D eigenvalue weighted by Crippen LogP contribution is 2.30. The molecule has 8 nitrogen and oxygen atoms in total.